The molecular weight excluding hydrogens is 303 g/mol. The molecule has 2 nitrogen and oxygen atoms in total. The predicted octanol–water partition coefficient (Wildman–Crippen LogP) is 3.85. The first-order valence-electron chi connectivity index (χ1n) is 6.50. The van der Waals surface area contributed by atoms with E-state index >= 15 is 0 Å². The normalized spacial score (nSPS) is 20.1. The molecule has 1 aliphatic heterocycles. The molecule has 0 saturated carbocycles. The van der Waals surface area contributed by atoms with Gasteiger partial charge in [-0.3, -0.25) is 4.90 Å². The highest BCUT2D eigenvalue weighted by molar-refractivity contribution is 6.42. The van der Waals surface area contributed by atoms with Crippen molar-refractivity contribution < 1.29 is 0 Å². The summed E-state index contributed by atoms with van der Waals surface area (Å²) in [7, 11) is 2.02. The molecule has 108 valence electrons. The van der Waals surface area contributed by atoms with Crippen LogP contribution in [0, 0.1) is 5.92 Å². The summed E-state index contributed by atoms with van der Waals surface area (Å²) in [5.74, 6) is 0.752. The Hall–Kier alpha value is 0.01000. The molecule has 0 amide bonds. The van der Waals surface area contributed by atoms with Crippen LogP contribution in [0.1, 0.15) is 18.4 Å². The number of likely N-dealkylation sites (tertiary alicyclic amines) is 1. The van der Waals surface area contributed by atoms with Gasteiger partial charge in [0.1, 0.15) is 0 Å². The lowest BCUT2D eigenvalue weighted by molar-refractivity contribution is 0.167. The molecule has 1 atom stereocenters. The van der Waals surface area contributed by atoms with Gasteiger partial charge in [-0.2, -0.15) is 0 Å². The van der Waals surface area contributed by atoms with E-state index in [1.807, 2.05) is 19.2 Å². The minimum Gasteiger partial charge on any atom is -0.319 e. The Bertz CT molecular complexity index is 396. The Morgan fingerprint density at radius 2 is 2.16 bits per heavy atom. The summed E-state index contributed by atoms with van der Waals surface area (Å²) >= 11 is 12.3. The van der Waals surface area contributed by atoms with Gasteiger partial charge in [-0.05, 0) is 50.5 Å². The first-order chi connectivity index (χ1) is 8.70. The van der Waals surface area contributed by atoms with Gasteiger partial charge in [-0.15, -0.1) is 12.4 Å². The van der Waals surface area contributed by atoms with Crippen molar-refractivity contribution in [3.05, 3.63) is 33.8 Å². The average Bonchev–Trinajstić information content (AvgIpc) is 2.36. The molecule has 1 N–H and O–H groups in total. The monoisotopic (exact) mass is 322 g/mol. The second kappa shape index (κ2) is 8.33. The Balaban J connectivity index is 0.00000180. The summed E-state index contributed by atoms with van der Waals surface area (Å²) in [5.41, 5.74) is 1.13. The van der Waals surface area contributed by atoms with Crippen LogP contribution in [0.25, 0.3) is 0 Å². The van der Waals surface area contributed by atoms with E-state index in [2.05, 4.69) is 16.3 Å². The second-order valence-electron chi connectivity index (χ2n) is 5.01. The van der Waals surface area contributed by atoms with Crippen molar-refractivity contribution >= 4 is 35.6 Å². The van der Waals surface area contributed by atoms with Crippen molar-refractivity contribution in [2.45, 2.75) is 19.4 Å². The molecule has 1 aromatic carbocycles. The predicted molar refractivity (Wildman–Crippen MR) is 85.6 cm³/mol. The van der Waals surface area contributed by atoms with Crippen molar-refractivity contribution in [1.29, 1.82) is 0 Å². The molecule has 0 aromatic heterocycles. The molecule has 1 heterocycles. The van der Waals surface area contributed by atoms with E-state index in [4.69, 9.17) is 23.2 Å². The Morgan fingerprint density at radius 1 is 1.37 bits per heavy atom. The zero-order chi connectivity index (χ0) is 13.0. The Labute approximate surface area is 131 Å². The summed E-state index contributed by atoms with van der Waals surface area (Å²) in [6.07, 6.45) is 2.59. The van der Waals surface area contributed by atoms with Crippen LogP contribution < -0.4 is 5.32 Å². The molecule has 1 fully saturated rings. The number of nitrogens with one attached hydrogen (secondary N) is 1. The maximum absolute atomic E-state index is 6.24. The maximum Gasteiger partial charge on any atom is 0.0637 e. The van der Waals surface area contributed by atoms with Crippen LogP contribution in [0.15, 0.2) is 18.2 Å². The topological polar surface area (TPSA) is 15.3 Å². The minimum absolute atomic E-state index is 0. The summed E-state index contributed by atoms with van der Waals surface area (Å²) in [6, 6.07) is 5.88. The fourth-order valence-electron chi connectivity index (χ4n) is 2.66. The standard InChI is InChI=1S/C14H20Cl2N2.ClH/c1-17-8-11-4-3-7-18(9-11)10-12-5-2-6-13(15)14(12)16;/h2,5-6,11,17H,3-4,7-10H2,1H3;1H. The highest BCUT2D eigenvalue weighted by atomic mass is 35.5. The van der Waals surface area contributed by atoms with E-state index in [-0.39, 0.29) is 12.4 Å². The van der Waals surface area contributed by atoms with E-state index in [0.29, 0.717) is 10.0 Å². The number of hydrogen-bond donors (Lipinski definition) is 1. The van der Waals surface area contributed by atoms with Crippen molar-refractivity contribution in [2.24, 2.45) is 5.92 Å². The molecule has 0 aliphatic carbocycles. The lowest BCUT2D eigenvalue weighted by Gasteiger charge is -2.32. The van der Waals surface area contributed by atoms with Crippen molar-refractivity contribution in [3.63, 3.8) is 0 Å². The summed E-state index contributed by atoms with van der Waals surface area (Å²) in [6.45, 7) is 4.30. The smallest absolute Gasteiger partial charge is 0.0637 e. The molecule has 1 aliphatic rings. The van der Waals surface area contributed by atoms with E-state index in [0.717, 1.165) is 37.7 Å². The van der Waals surface area contributed by atoms with Gasteiger partial charge in [0.25, 0.3) is 0 Å². The van der Waals surface area contributed by atoms with Crippen molar-refractivity contribution in [2.75, 3.05) is 26.7 Å². The van der Waals surface area contributed by atoms with Crippen LogP contribution in [-0.2, 0) is 6.54 Å². The molecule has 1 saturated heterocycles. The van der Waals surface area contributed by atoms with Gasteiger partial charge < -0.3 is 5.32 Å². The fraction of sp³-hybridized carbons (Fsp3) is 0.571. The van der Waals surface area contributed by atoms with Gasteiger partial charge in [-0.25, -0.2) is 0 Å². The molecule has 0 radical (unpaired) electrons. The van der Waals surface area contributed by atoms with E-state index < -0.39 is 0 Å². The minimum atomic E-state index is 0. The summed E-state index contributed by atoms with van der Waals surface area (Å²) < 4.78 is 0. The molecular formula is C14H21Cl3N2. The van der Waals surface area contributed by atoms with Crippen LogP contribution in [-0.4, -0.2) is 31.6 Å². The van der Waals surface area contributed by atoms with Gasteiger partial charge in [0.05, 0.1) is 10.0 Å². The van der Waals surface area contributed by atoms with Gasteiger partial charge >= 0.3 is 0 Å². The van der Waals surface area contributed by atoms with Gasteiger partial charge in [0, 0.05) is 13.1 Å². The lowest BCUT2D eigenvalue weighted by Crippen LogP contribution is -2.38. The summed E-state index contributed by atoms with van der Waals surface area (Å²) in [4.78, 5) is 2.48. The number of piperidine rings is 1. The Morgan fingerprint density at radius 3 is 2.89 bits per heavy atom. The quantitative estimate of drug-likeness (QED) is 0.905. The lowest BCUT2D eigenvalue weighted by atomic mass is 9.97. The van der Waals surface area contributed by atoms with Crippen LogP contribution >= 0.6 is 35.6 Å². The first kappa shape index (κ1) is 17.1. The first-order valence-corrected chi connectivity index (χ1v) is 7.26. The molecule has 0 spiro atoms. The molecule has 2 rings (SSSR count). The van der Waals surface area contributed by atoms with Crippen molar-refractivity contribution in [3.8, 4) is 0 Å². The molecule has 1 unspecified atom stereocenters. The number of nitrogens with zero attached hydrogens (tertiary/aromatic N) is 1. The highest BCUT2D eigenvalue weighted by Gasteiger charge is 2.20. The SMILES string of the molecule is CNCC1CCCN(Cc2cccc(Cl)c2Cl)C1.Cl. The van der Waals surface area contributed by atoms with Crippen LogP contribution in [0.2, 0.25) is 10.0 Å². The molecule has 1 aromatic rings. The number of benzene rings is 1. The highest BCUT2D eigenvalue weighted by Crippen LogP contribution is 2.27. The zero-order valence-corrected chi connectivity index (χ0v) is 13.5. The van der Waals surface area contributed by atoms with E-state index in [1.54, 1.807) is 0 Å². The number of rotatable bonds is 4. The third-order valence-electron chi connectivity index (χ3n) is 3.52. The third kappa shape index (κ3) is 4.80. The third-order valence-corrected chi connectivity index (χ3v) is 4.38. The Kier molecular flexibility index (Phi) is 7.48. The van der Waals surface area contributed by atoms with E-state index in [9.17, 15) is 0 Å². The largest absolute Gasteiger partial charge is 0.319 e. The van der Waals surface area contributed by atoms with Crippen LogP contribution in [0.5, 0.6) is 0 Å². The zero-order valence-electron chi connectivity index (χ0n) is 11.2. The van der Waals surface area contributed by atoms with E-state index in [1.165, 1.54) is 12.8 Å². The maximum atomic E-state index is 6.24. The number of hydrogen-bond acceptors (Lipinski definition) is 2. The van der Waals surface area contributed by atoms with Crippen molar-refractivity contribution in [1.82, 2.24) is 10.2 Å². The van der Waals surface area contributed by atoms with Crippen LogP contribution in [0.4, 0.5) is 0 Å². The summed E-state index contributed by atoms with van der Waals surface area (Å²) in [5, 5.41) is 4.62. The van der Waals surface area contributed by atoms with Gasteiger partial charge in [0.15, 0.2) is 0 Å². The second-order valence-corrected chi connectivity index (χ2v) is 5.80. The fourth-order valence-corrected chi connectivity index (χ4v) is 3.04. The molecule has 5 heteroatoms. The molecule has 19 heavy (non-hydrogen) atoms. The number of halogens is 3. The average molecular weight is 324 g/mol. The molecule has 0 bridgehead atoms. The van der Waals surface area contributed by atoms with Gasteiger partial charge in [-0.1, -0.05) is 35.3 Å². The van der Waals surface area contributed by atoms with Gasteiger partial charge in [0.2, 0.25) is 0 Å². The van der Waals surface area contributed by atoms with Crippen LogP contribution in [0.3, 0.4) is 0 Å².